The summed E-state index contributed by atoms with van der Waals surface area (Å²) in [6.45, 7) is 0. The van der Waals surface area contributed by atoms with Crippen molar-refractivity contribution < 1.29 is 0 Å². The van der Waals surface area contributed by atoms with E-state index < -0.39 is 0 Å². The Kier molecular flexibility index (Phi) is 1.81. The number of hydrogen-bond acceptors (Lipinski definition) is 3. The van der Waals surface area contributed by atoms with Gasteiger partial charge in [-0.1, -0.05) is 15.9 Å². The molecule has 0 amide bonds. The highest BCUT2D eigenvalue weighted by atomic mass is 79.9. The summed E-state index contributed by atoms with van der Waals surface area (Å²) in [7, 11) is 0. The van der Waals surface area contributed by atoms with E-state index in [-0.39, 0.29) is 0 Å². The highest BCUT2D eigenvalue weighted by molar-refractivity contribution is 9.10. The molecule has 1 aromatic carbocycles. The van der Waals surface area contributed by atoms with Gasteiger partial charge in [0.15, 0.2) is 5.82 Å². The number of nitrogens with zero attached hydrogens (tertiary/aromatic N) is 3. The van der Waals surface area contributed by atoms with Crippen LogP contribution in [0, 0.1) is 0 Å². The highest BCUT2D eigenvalue weighted by Crippen LogP contribution is 2.21. The minimum Gasteiger partial charge on any atom is -0.337 e. The maximum absolute atomic E-state index is 4.40. The molecule has 15 heavy (non-hydrogen) atoms. The Bertz CT molecular complexity index is 598. The van der Waals surface area contributed by atoms with E-state index >= 15 is 0 Å². The van der Waals surface area contributed by atoms with E-state index in [1.54, 1.807) is 6.20 Å². The maximum atomic E-state index is 4.40. The minimum absolute atomic E-state index is 0.710. The zero-order chi connectivity index (χ0) is 10.3. The van der Waals surface area contributed by atoms with Crippen LogP contribution < -0.4 is 0 Å². The van der Waals surface area contributed by atoms with Crippen molar-refractivity contribution in [2.75, 3.05) is 0 Å². The molecule has 2 aromatic heterocycles. The Labute approximate surface area is 93.1 Å². The lowest BCUT2D eigenvalue weighted by molar-refractivity contribution is 0.940. The predicted molar refractivity (Wildman–Crippen MR) is 59.2 cm³/mol. The van der Waals surface area contributed by atoms with Crippen LogP contribution in [0.4, 0.5) is 0 Å². The van der Waals surface area contributed by atoms with Crippen molar-refractivity contribution in [3.05, 3.63) is 28.9 Å². The molecule has 0 spiro atoms. The number of rotatable bonds is 1. The zero-order valence-electron chi connectivity index (χ0n) is 7.53. The van der Waals surface area contributed by atoms with Crippen molar-refractivity contribution in [2.24, 2.45) is 0 Å². The number of hydrogen-bond donors (Lipinski definition) is 2. The third kappa shape index (κ3) is 1.42. The van der Waals surface area contributed by atoms with Gasteiger partial charge in [0.25, 0.3) is 0 Å². The molecule has 0 aliphatic rings. The topological polar surface area (TPSA) is 70.2 Å². The summed E-state index contributed by atoms with van der Waals surface area (Å²) < 4.78 is 1.02. The molecule has 0 unspecified atom stereocenters. The van der Waals surface area contributed by atoms with Crippen LogP contribution >= 0.6 is 15.9 Å². The van der Waals surface area contributed by atoms with Gasteiger partial charge in [-0.05, 0) is 18.2 Å². The second kappa shape index (κ2) is 3.16. The van der Waals surface area contributed by atoms with Gasteiger partial charge < -0.3 is 4.98 Å². The van der Waals surface area contributed by atoms with Crippen LogP contribution in [0.5, 0.6) is 0 Å². The van der Waals surface area contributed by atoms with Crippen LogP contribution in [-0.2, 0) is 0 Å². The molecule has 74 valence electrons. The Morgan fingerprint density at radius 2 is 2.20 bits per heavy atom. The number of halogens is 1. The first-order valence-electron chi connectivity index (χ1n) is 4.34. The molecule has 0 atom stereocenters. The first kappa shape index (κ1) is 8.60. The first-order chi connectivity index (χ1) is 7.33. The molecule has 0 aliphatic heterocycles. The zero-order valence-corrected chi connectivity index (χ0v) is 9.12. The van der Waals surface area contributed by atoms with Gasteiger partial charge in [0.05, 0.1) is 17.2 Å². The van der Waals surface area contributed by atoms with E-state index in [2.05, 4.69) is 41.3 Å². The van der Waals surface area contributed by atoms with Crippen LogP contribution in [-0.4, -0.2) is 25.4 Å². The quantitative estimate of drug-likeness (QED) is 0.707. The molecule has 0 aliphatic carbocycles. The SMILES string of the molecule is Brc1ccc2nc(-c3cn[nH]n3)[nH]c2c1. The second-order valence-electron chi connectivity index (χ2n) is 3.10. The number of aromatic nitrogens is 5. The number of fused-ring (bicyclic) bond motifs is 1. The number of nitrogens with one attached hydrogen (secondary N) is 2. The Morgan fingerprint density at radius 3 is 3.00 bits per heavy atom. The second-order valence-corrected chi connectivity index (χ2v) is 4.02. The minimum atomic E-state index is 0.710. The summed E-state index contributed by atoms with van der Waals surface area (Å²) in [5.41, 5.74) is 2.60. The standard InChI is InChI=1S/C9H6BrN5/c10-5-1-2-6-7(3-5)13-9(12-6)8-4-11-15-14-8/h1-4H,(H,12,13)(H,11,14,15). The highest BCUT2D eigenvalue weighted by Gasteiger charge is 2.07. The molecule has 3 rings (SSSR count). The lowest BCUT2D eigenvalue weighted by Gasteiger charge is -1.87. The van der Waals surface area contributed by atoms with Gasteiger partial charge in [-0.15, -0.1) is 0 Å². The van der Waals surface area contributed by atoms with Crippen molar-refractivity contribution in [3.63, 3.8) is 0 Å². The summed E-state index contributed by atoms with van der Waals surface area (Å²) in [6.07, 6.45) is 1.63. The third-order valence-electron chi connectivity index (χ3n) is 2.10. The molecule has 2 heterocycles. The average Bonchev–Trinajstić information content (AvgIpc) is 2.84. The summed E-state index contributed by atoms with van der Waals surface area (Å²) in [5, 5.41) is 10.3. The largest absolute Gasteiger partial charge is 0.337 e. The van der Waals surface area contributed by atoms with Crippen molar-refractivity contribution in [3.8, 4) is 11.5 Å². The van der Waals surface area contributed by atoms with Gasteiger partial charge in [-0.2, -0.15) is 15.4 Å². The molecule has 0 radical (unpaired) electrons. The van der Waals surface area contributed by atoms with Crippen LogP contribution in [0.1, 0.15) is 0 Å². The maximum Gasteiger partial charge on any atom is 0.160 e. The van der Waals surface area contributed by atoms with E-state index in [1.165, 1.54) is 0 Å². The van der Waals surface area contributed by atoms with Crippen LogP contribution in [0.3, 0.4) is 0 Å². The first-order valence-corrected chi connectivity index (χ1v) is 5.13. The van der Waals surface area contributed by atoms with Crippen molar-refractivity contribution in [1.82, 2.24) is 25.4 Å². The fraction of sp³-hybridized carbons (Fsp3) is 0. The molecule has 0 bridgehead atoms. The summed E-state index contributed by atoms with van der Waals surface area (Å²) in [6, 6.07) is 5.88. The molecule has 0 fully saturated rings. The molecule has 0 saturated carbocycles. The number of imidazole rings is 1. The van der Waals surface area contributed by atoms with E-state index in [0.29, 0.717) is 5.69 Å². The van der Waals surface area contributed by atoms with E-state index in [4.69, 9.17) is 0 Å². The van der Waals surface area contributed by atoms with Crippen LogP contribution in [0.2, 0.25) is 0 Å². The lowest BCUT2D eigenvalue weighted by Crippen LogP contribution is -1.79. The van der Waals surface area contributed by atoms with Gasteiger partial charge in [0.2, 0.25) is 0 Å². The average molecular weight is 264 g/mol. The van der Waals surface area contributed by atoms with Gasteiger partial charge in [0.1, 0.15) is 5.69 Å². The van der Waals surface area contributed by atoms with E-state index in [0.717, 1.165) is 21.3 Å². The molecule has 6 heteroatoms. The van der Waals surface area contributed by atoms with Crippen molar-refractivity contribution in [2.45, 2.75) is 0 Å². The molecular weight excluding hydrogens is 258 g/mol. The number of H-pyrrole nitrogens is 2. The third-order valence-corrected chi connectivity index (χ3v) is 2.59. The normalized spacial score (nSPS) is 11.0. The van der Waals surface area contributed by atoms with Gasteiger partial charge in [0, 0.05) is 4.47 Å². The molecule has 5 nitrogen and oxygen atoms in total. The Hall–Kier alpha value is -1.69. The van der Waals surface area contributed by atoms with Crippen LogP contribution in [0.25, 0.3) is 22.6 Å². The van der Waals surface area contributed by atoms with E-state index in [1.807, 2.05) is 18.2 Å². The lowest BCUT2D eigenvalue weighted by atomic mass is 10.3. The Balaban J connectivity index is 2.22. The van der Waals surface area contributed by atoms with Crippen LogP contribution in [0.15, 0.2) is 28.9 Å². The fourth-order valence-electron chi connectivity index (χ4n) is 1.42. The number of aromatic amines is 2. The van der Waals surface area contributed by atoms with Crippen molar-refractivity contribution >= 4 is 27.0 Å². The number of benzene rings is 1. The van der Waals surface area contributed by atoms with Gasteiger partial charge in [-0.3, -0.25) is 0 Å². The van der Waals surface area contributed by atoms with Crippen molar-refractivity contribution in [1.29, 1.82) is 0 Å². The molecule has 3 aromatic rings. The smallest absolute Gasteiger partial charge is 0.160 e. The summed E-state index contributed by atoms with van der Waals surface area (Å²) in [4.78, 5) is 7.57. The van der Waals surface area contributed by atoms with Gasteiger partial charge >= 0.3 is 0 Å². The molecule has 2 N–H and O–H groups in total. The molecular formula is C9H6BrN5. The van der Waals surface area contributed by atoms with Gasteiger partial charge in [-0.25, -0.2) is 4.98 Å². The molecule has 0 saturated heterocycles. The monoisotopic (exact) mass is 263 g/mol. The fourth-order valence-corrected chi connectivity index (χ4v) is 1.78. The summed E-state index contributed by atoms with van der Waals surface area (Å²) >= 11 is 3.41. The predicted octanol–water partition coefficient (Wildman–Crippen LogP) is 2.11. The van der Waals surface area contributed by atoms with E-state index in [9.17, 15) is 0 Å². The Morgan fingerprint density at radius 1 is 1.27 bits per heavy atom. The summed E-state index contributed by atoms with van der Waals surface area (Å²) in [5.74, 6) is 0.719.